The van der Waals surface area contributed by atoms with E-state index in [1.807, 2.05) is 12.1 Å². The van der Waals surface area contributed by atoms with E-state index in [9.17, 15) is 4.39 Å². The molecule has 0 saturated carbocycles. The van der Waals surface area contributed by atoms with Crippen LogP contribution in [0.4, 0.5) is 4.39 Å². The molecular weight excluding hydrogens is 259 g/mol. The molecule has 3 aromatic rings. The molecule has 0 heterocycles. The second-order valence-corrected chi connectivity index (χ2v) is 5.61. The summed E-state index contributed by atoms with van der Waals surface area (Å²) in [7, 11) is 0. The summed E-state index contributed by atoms with van der Waals surface area (Å²) in [5, 5.41) is 0. The van der Waals surface area contributed by atoms with Crippen molar-refractivity contribution in [1.82, 2.24) is 0 Å². The van der Waals surface area contributed by atoms with Crippen LogP contribution in [-0.4, -0.2) is 0 Å². The number of aryl methyl sites for hydroxylation is 1. The standard InChI is InChI=1S/C20H15F/c1-13-5-4-8-18-19(13)16-6-2-3-7-17(16)20(18)14-9-11-15(21)12-10-14/h2-12,20H,1H3. The van der Waals surface area contributed by atoms with Crippen LogP contribution in [-0.2, 0) is 0 Å². The average molecular weight is 274 g/mol. The van der Waals surface area contributed by atoms with E-state index in [4.69, 9.17) is 0 Å². The van der Waals surface area contributed by atoms with Gasteiger partial charge in [-0.05, 0) is 52.4 Å². The molecule has 0 amide bonds. The van der Waals surface area contributed by atoms with Gasteiger partial charge in [0.05, 0.1) is 0 Å². The van der Waals surface area contributed by atoms with Crippen LogP contribution in [0.5, 0.6) is 0 Å². The van der Waals surface area contributed by atoms with Gasteiger partial charge >= 0.3 is 0 Å². The fourth-order valence-electron chi connectivity index (χ4n) is 3.46. The quantitative estimate of drug-likeness (QED) is 0.442. The predicted molar refractivity (Wildman–Crippen MR) is 84.0 cm³/mol. The van der Waals surface area contributed by atoms with E-state index in [-0.39, 0.29) is 11.7 Å². The fourth-order valence-corrected chi connectivity index (χ4v) is 3.46. The van der Waals surface area contributed by atoms with E-state index < -0.39 is 0 Å². The molecule has 102 valence electrons. The van der Waals surface area contributed by atoms with Crippen molar-refractivity contribution in [3.8, 4) is 11.1 Å². The summed E-state index contributed by atoms with van der Waals surface area (Å²) in [6, 6.07) is 21.9. The van der Waals surface area contributed by atoms with Gasteiger partial charge in [0.25, 0.3) is 0 Å². The van der Waals surface area contributed by atoms with Gasteiger partial charge in [-0.2, -0.15) is 0 Å². The van der Waals surface area contributed by atoms with Gasteiger partial charge in [0.1, 0.15) is 5.82 Å². The van der Waals surface area contributed by atoms with Crippen molar-refractivity contribution in [1.29, 1.82) is 0 Å². The number of halogens is 1. The van der Waals surface area contributed by atoms with Crippen LogP contribution in [0.3, 0.4) is 0 Å². The number of fused-ring (bicyclic) bond motifs is 3. The highest BCUT2D eigenvalue weighted by atomic mass is 19.1. The molecule has 0 nitrogen and oxygen atoms in total. The third-order valence-electron chi connectivity index (χ3n) is 4.36. The summed E-state index contributed by atoms with van der Waals surface area (Å²) in [5.74, 6) is 0.0196. The number of hydrogen-bond donors (Lipinski definition) is 0. The summed E-state index contributed by atoms with van der Waals surface area (Å²) in [6.07, 6.45) is 0. The molecule has 0 aliphatic heterocycles. The van der Waals surface area contributed by atoms with E-state index in [1.54, 1.807) is 12.1 Å². The average Bonchev–Trinajstić information content (AvgIpc) is 2.84. The molecule has 0 spiro atoms. The van der Waals surface area contributed by atoms with Crippen molar-refractivity contribution in [2.24, 2.45) is 0 Å². The number of rotatable bonds is 1. The van der Waals surface area contributed by atoms with Gasteiger partial charge in [-0.3, -0.25) is 0 Å². The van der Waals surface area contributed by atoms with Crippen molar-refractivity contribution in [2.45, 2.75) is 12.8 Å². The molecule has 0 N–H and O–H groups in total. The first-order valence-corrected chi connectivity index (χ1v) is 7.20. The Balaban J connectivity index is 2.00. The lowest BCUT2D eigenvalue weighted by Crippen LogP contribution is -1.99. The summed E-state index contributed by atoms with van der Waals surface area (Å²) in [4.78, 5) is 0. The third-order valence-corrected chi connectivity index (χ3v) is 4.36. The zero-order valence-electron chi connectivity index (χ0n) is 11.8. The van der Waals surface area contributed by atoms with Crippen molar-refractivity contribution >= 4 is 0 Å². The van der Waals surface area contributed by atoms with Crippen LogP contribution in [0.25, 0.3) is 11.1 Å². The molecule has 3 aromatic carbocycles. The Bertz CT molecular complexity index is 815. The molecular formula is C20H15F. The van der Waals surface area contributed by atoms with Gasteiger partial charge < -0.3 is 0 Å². The Morgan fingerprint density at radius 3 is 2.29 bits per heavy atom. The number of hydrogen-bond acceptors (Lipinski definition) is 0. The molecule has 4 rings (SSSR count). The van der Waals surface area contributed by atoms with Crippen LogP contribution >= 0.6 is 0 Å². The molecule has 1 aliphatic carbocycles. The smallest absolute Gasteiger partial charge is 0.123 e. The van der Waals surface area contributed by atoms with Gasteiger partial charge in [0.15, 0.2) is 0 Å². The van der Waals surface area contributed by atoms with E-state index in [0.717, 1.165) is 5.56 Å². The van der Waals surface area contributed by atoms with E-state index in [0.29, 0.717) is 0 Å². The van der Waals surface area contributed by atoms with Crippen LogP contribution in [0.2, 0.25) is 0 Å². The van der Waals surface area contributed by atoms with Gasteiger partial charge in [-0.15, -0.1) is 0 Å². The Kier molecular flexibility index (Phi) is 2.68. The van der Waals surface area contributed by atoms with Crippen LogP contribution in [0, 0.1) is 12.7 Å². The highest BCUT2D eigenvalue weighted by molar-refractivity contribution is 5.82. The Hall–Kier alpha value is -2.41. The van der Waals surface area contributed by atoms with Crippen LogP contribution in [0.1, 0.15) is 28.2 Å². The summed E-state index contributed by atoms with van der Waals surface area (Å²) in [6.45, 7) is 2.16. The maximum atomic E-state index is 13.2. The predicted octanol–water partition coefficient (Wildman–Crippen LogP) is 5.29. The van der Waals surface area contributed by atoms with Crippen molar-refractivity contribution in [2.75, 3.05) is 0 Å². The minimum atomic E-state index is -0.186. The number of benzene rings is 3. The summed E-state index contributed by atoms with van der Waals surface area (Å²) in [5.41, 5.74) is 7.72. The minimum Gasteiger partial charge on any atom is -0.207 e. The lowest BCUT2D eigenvalue weighted by atomic mass is 9.89. The fraction of sp³-hybridized carbons (Fsp3) is 0.100. The summed E-state index contributed by atoms with van der Waals surface area (Å²) >= 11 is 0. The lowest BCUT2D eigenvalue weighted by Gasteiger charge is -2.14. The second kappa shape index (κ2) is 4.56. The van der Waals surface area contributed by atoms with Crippen molar-refractivity contribution in [3.63, 3.8) is 0 Å². The van der Waals surface area contributed by atoms with Gasteiger partial charge in [0, 0.05) is 5.92 Å². The van der Waals surface area contributed by atoms with E-state index in [2.05, 4.69) is 49.4 Å². The zero-order valence-corrected chi connectivity index (χ0v) is 11.8. The SMILES string of the molecule is Cc1cccc2c1-c1ccccc1C2c1ccc(F)cc1. The zero-order chi connectivity index (χ0) is 14.4. The van der Waals surface area contributed by atoms with Gasteiger partial charge in [-0.1, -0.05) is 54.6 Å². The molecule has 1 heteroatoms. The Morgan fingerprint density at radius 1 is 0.762 bits per heavy atom. The first-order valence-electron chi connectivity index (χ1n) is 7.20. The molecule has 0 saturated heterocycles. The van der Waals surface area contributed by atoms with Crippen LogP contribution in [0.15, 0.2) is 66.7 Å². The molecule has 1 atom stereocenters. The van der Waals surface area contributed by atoms with Gasteiger partial charge in [-0.25, -0.2) is 4.39 Å². The molecule has 0 radical (unpaired) electrons. The lowest BCUT2D eigenvalue weighted by molar-refractivity contribution is 0.627. The molecule has 0 bridgehead atoms. The third kappa shape index (κ3) is 1.81. The highest BCUT2D eigenvalue weighted by Gasteiger charge is 2.30. The van der Waals surface area contributed by atoms with E-state index in [1.165, 1.54) is 27.8 Å². The topological polar surface area (TPSA) is 0 Å². The van der Waals surface area contributed by atoms with E-state index >= 15 is 0 Å². The monoisotopic (exact) mass is 274 g/mol. The molecule has 1 aliphatic rings. The van der Waals surface area contributed by atoms with Crippen molar-refractivity contribution < 1.29 is 4.39 Å². The Labute approximate surface area is 123 Å². The maximum absolute atomic E-state index is 13.2. The molecule has 0 aromatic heterocycles. The largest absolute Gasteiger partial charge is 0.207 e. The molecule has 21 heavy (non-hydrogen) atoms. The van der Waals surface area contributed by atoms with Crippen molar-refractivity contribution in [3.05, 3.63) is 94.8 Å². The first kappa shape index (κ1) is 12.3. The molecule has 0 fully saturated rings. The minimum absolute atomic E-state index is 0.186. The molecule has 1 unspecified atom stereocenters. The maximum Gasteiger partial charge on any atom is 0.123 e. The normalized spacial score (nSPS) is 15.6. The highest BCUT2D eigenvalue weighted by Crippen LogP contribution is 2.48. The Morgan fingerprint density at radius 2 is 1.48 bits per heavy atom. The summed E-state index contributed by atoms with van der Waals surface area (Å²) < 4.78 is 13.2. The van der Waals surface area contributed by atoms with Crippen LogP contribution < -0.4 is 0 Å². The second-order valence-electron chi connectivity index (χ2n) is 5.61. The first-order chi connectivity index (χ1) is 10.3. The van der Waals surface area contributed by atoms with Gasteiger partial charge in [0.2, 0.25) is 0 Å².